The molecule has 19 heavy (non-hydrogen) atoms. The zero-order chi connectivity index (χ0) is 13.8. The summed E-state index contributed by atoms with van der Waals surface area (Å²) in [5, 5.41) is 0. The first-order chi connectivity index (χ1) is 9.10. The summed E-state index contributed by atoms with van der Waals surface area (Å²) in [4.78, 5) is 16.2. The molecule has 2 rings (SSSR count). The molecule has 0 aromatic carbocycles. The Morgan fingerprint density at radius 1 is 1.42 bits per heavy atom. The lowest BCUT2D eigenvalue weighted by Crippen LogP contribution is -2.28. The second-order valence-corrected chi connectivity index (χ2v) is 5.53. The maximum absolute atomic E-state index is 12.1. The molecule has 0 aliphatic heterocycles. The Bertz CT molecular complexity index is 448. The Kier molecular flexibility index (Phi) is 4.53. The maximum Gasteiger partial charge on any atom is 0.338 e. The number of aromatic nitrogens is 1. The third kappa shape index (κ3) is 3.53. The Morgan fingerprint density at radius 3 is 2.89 bits per heavy atom. The number of carbonyl (C=O) groups is 1. The lowest BCUT2D eigenvalue weighted by Gasteiger charge is -2.31. The van der Waals surface area contributed by atoms with E-state index >= 15 is 0 Å². The second-order valence-electron chi connectivity index (χ2n) is 5.53. The average molecular weight is 262 g/mol. The molecule has 3 atom stereocenters. The number of nitrogens with two attached hydrogens (primary N) is 1. The van der Waals surface area contributed by atoms with Crippen LogP contribution in [0.25, 0.3) is 0 Å². The number of nitrogens with zero attached hydrogens (tertiary/aromatic N) is 1. The van der Waals surface area contributed by atoms with Gasteiger partial charge in [-0.3, -0.25) is 4.98 Å². The summed E-state index contributed by atoms with van der Waals surface area (Å²) in [5.41, 5.74) is 6.77. The summed E-state index contributed by atoms with van der Waals surface area (Å²) in [6, 6.07) is 3.38. The highest BCUT2D eigenvalue weighted by Gasteiger charge is 2.27. The second kappa shape index (κ2) is 6.15. The van der Waals surface area contributed by atoms with Gasteiger partial charge in [-0.1, -0.05) is 13.8 Å². The smallest absolute Gasteiger partial charge is 0.338 e. The van der Waals surface area contributed by atoms with Crippen LogP contribution in [0, 0.1) is 11.8 Å². The van der Waals surface area contributed by atoms with E-state index in [4.69, 9.17) is 10.5 Å². The standard InChI is InChI=1S/C15H22N2O2/c1-10-3-4-14(7-11(10)2)19-15(18)12-5-6-17-13(8-12)9-16/h5-6,8,10-11,14H,3-4,7,9,16H2,1-2H3. The predicted octanol–water partition coefficient (Wildman–Crippen LogP) is 2.52. The molecule has 0 amide bonds. The highest BCUT2D eigenvalue weighted by Crippen LogP contribution is 2.31. The number of esters is 1. The first-order valence-electron chi connectivity index (χ1n) is 6.96. The molecule has 104 valence electrons. The van der Waals surface area contributed by atoms with Crippen molar-refractivity contribution in [1.29, 1.82) is 0 Å². The van der Waals surface area contributed by atoms with Gasteiger partial charge in [-0.15, -0.1) is 0 Å². The van der Waals surface area contributed by atoms with Crippen LogP contribution in [-0.2, 0) is 11.3 Å². The molecule has 0 bridgehead atoms. The number of pyridine rings is 1. The molecule has 1 saturated carbocycles. The van der Waals surface area contributed by atoms with Crippen LogP contribution >= 0.6 is 0 Å². The van der Waals surface area contributed by atoms with Crippen molar-refractivity contribution in [1.82, 2.24) is 4.98 Å². The van der Waals surface area contributed by atoms with Crippen LogP contribution in [0.2, 0.25) is 0 Å². The van der Waals surface area contributed by atoms with E-state index in [9.17, 15) is 4.79 Å². The van der Waals surface area contributed by atoms with Crippen LogP contribution in [0.3, 0.4) is 0 Å². The molecule has 0 spiro atoms. The van der Waals surface area contributed by atoms with Gasteiger partial charge >= 0.3 is 5.97 Å². The van der Waals surface area contributed by atoms with Gasteiger partial charge in [0.15, 0.2) is 0 Å². The first kappa shape index (κ1) is 14.0. The molecular weight excluding hydrogens is 240 g/mol. The van der Waals surface area contributed by atoms with Crippen molar-refractivity contribution in [2.75, 3.05) is 0 Å². The fraction of sp³-hybridized carbons (Fsp3) is 0.600. The van der Waals surface area contributed by atoms with E-state index in [0.29, 0.717) is 23.7 Å². The lowest BCUT2D eigenvalue weighted by molar-refractivity contribution is 0.00876. The van der Waals surface area contributed by atoms with Gasteiger partial charge < -0.3 is 10.5 Å². The van der Waals surface area contributed by atoms with Gasteiger partial charge in [0.2, 0.25) is 0 Å². The van der Waals surface area contributed by atoms with Crippen LogP contribution in [0.1, 0.15) is 49.2 Å². The Hall–Kier alpha value is -1.42. The highest BCUT2D eigenvalue weighted by atomic mass is 16.5. The Balaban J connectivity index is 1.97. The molecule has 0 radical (unpaired) electrons. The minimum Gasteiger partial charge on any atom is -0.459 e. The summed E-state index contributed by atoms with van der Waals surface area (Å²) in [7, 11) is 0. The van der Waals surface area contributed by atoms with Gasteiger partial charge in [0, 0.05) is 12.7 Å². The van der Waals surface area contributed by atoms with E-state index < -0.39 is 0 Å². The third-order valence-electron chi connectivity index (χ3n) is 4.09. The number of ether oxygens (including phenoxy) is 1. The van der Waals surface area contributed by atoms with Crippen molar-refractivity contribution in [3.05, 3.63) is 29.6 Å². The third-order valence-corrected chi connectivity index (χ3v) is 4.09. The molecule has 1 fully saturated rings. The summed E-state index contributed by atoms with van der Waals surface area (Å²) in [6.45, 7) is 4.82. The van der Waals surface area contributed by atoms with Crippen LogP contribution < -0.4 is 5.73 Å². The zero-order valence-electron chi connectivity index (χ0n) is 11.6. The summed E-state index contributed by atoms with van der Waals surface area (Å²) < 4.78 is 5.59. The summed E-state index contributed by atoms with van der Waals surface area (Å²) in [6.07, 6.45) is 4.70. The molecular formula is C15H22N2O2. The molecule has 3 unspecified atom stereocenters. The van der Waals surface area contributed by atoms with Crippen molar-refractivity contribution in [3.63, 3.8) is 0 Å². The van der Waals surface area contributed by atoms with Gasteiger partial charge in [-0.2, -0.15) is 0 Å². The minimum atomic E-state index is -0.260. The average Bonchev–Trinajstić information content (AvgIpc) is 2.43. The molecule has 1 aromatic heterocycles. The molecule has 2 N–H and O–H groups in total. The van der Waals surface area contributed by atoms with Crippen LogP contribution in [0.5, 0.6) is 0 Å². The van der Waals surface area contributed by atoms with E-state index in [1.165, 1.54) is 0 Å². The monoisotopic (exact) mass is 262 g/mol. The van der Waals surface area contributed by atoms with Crippen molar-refractivity contribution < 1.29 is 9.53 Å². The largest absolute Gasteiger partial charge is 0.459 e. The van der Waals surface area contributed by atoms with Gasteiger partial charge in [0.1, 0.15) is 6.10 Å². The van der Waals surface area contributed by atoms with E-state index in [0.717, 1.165) is 25.2 Å². The molecule has 1 aliphatic rings. The molecule has 0 saturated heterocycles. The lowest BCUT2D eigenvalue weighted by atomic mass is 9.80. The Morgan fingerprint density at radius 2 is 2.21 bits per heavy atom. The highest BCUT2D eigenvalue weighted by molar-refractivity contribution is 5.89. The predicted molar refractivity (Wildman–Crippen MR) is 73.5 cm³/mol. The molecule has 1 aromatic rings. The number of carbonyl (C=O) groups excluding carboxylic acids is 1. The van der Waals surface area contributed by atoms with Gasteiger partial charge in [-0.05, 0) is 43.2 Å². The van der Waals surface area contributed by atoms with Crippen LogP contribution in [0.15, 0.2) is 18.3 Å². The quantitative estimate of drug-likeness (QED) is 0.850. The van der Waals surface area contributed by atoms with E-state index in [1.807, 2.05) is 0 Å². The van der Waals surface area contributed by atoms with Crippen molar-refractivity contribution in [2.45, 2.75) is 45.8 Å². The zero-order valence-corrected chi connectivity index (χ0v) is 11.6. The molecule has 4 nitrogen and oxygen atoms in total. The van der Waals surface area contributed by atoms with Gasteiger partial charge in [0.25, 0.3) is 0 Å². The van der Waals surface area contributed by atoms with Crippen LogP contribution in [0.4, 0.5) is 0 Å². The van der Waals surface area contributed by atoms with Crippen molar-refractivity contribution in [3.8, 4) is 0 Å². The summed E-state index contributed by atoms with van der Waals surface area (Å²) in [5.74, 6) is 1.08. The molecule has 1 heterocycles. The summed E-state index contributed by atoms with van der Waals surface area (Å²) >= 11 is 0. The molecule has 1 aliphatic carbocycles. The number of rotatable bonds is 3. The van der Waals surface area contributed by atoms with E-state index in [-0.39, 0.29) is 12.1 Å². The minimum absolute atomic E-state index is 0.0493. The topological polar surface area (TPSA) is 65.2 Å². The van der Waals surface area contributed by atoms with Crippen molar-refractivity contribution in [2.24, 2.45) is 17.6 Å². The normalized spacial score (nSPS) is 27.0. The van der Waals surface area contributed by atoms with Gasteiger partial charge in [0.05, 0.1) is 11.3 Å². The SMILES string of the molecule is CC1CCC(OC(=O)c2ccnc(CN)c2)CC1C. The maximum atomic E-state index is 12.1. The fourth-order valence-corrected chi connectivity index (χ4v) is 2.54. The van der Waals surface area contributed by atoms with Crippen molar-refractivity contribution >= 4 is 5.97 Å². The fourth-order valence-electron chi connectivity index (χ4n) is 2.54. The Labute approximate surface area is 114 Å². The number of hydrogen-bond donors (Lipinski definition) is 1. The molecule has 4 heteroatoms. The number of hydrogen-bond acceptors (Lipinski definition) is 4. The van der Waals surface area contributed by atoms with E-state index in [1.54, 1.807) is 18.3 Å². The van der Waals surface area contributed by atoms with Gasteiger partial charge in [-0.25, -0.2) is 4.79 Å². The van der Waals surface area contributed by atoms with Crippen LogP contribution in [-0.4, -0.2) is 17.1 Å². The van der Waals surface area contributed by atoms with E-state index in [2.05, 4.69) is 18.8 Å². The first-order valence-corrected chi connectivity index (χ1v) is 6.96.